The van der Waals surface area contributed by atoms with Gasteiger partial charge in [-0.2, -0.15) is 0 Å². The summed E-state index contributed by atoms with van der Waals surface area (Å²) in [6.07, 6.45) is 3.37. The monoisotopic (exact) mass is 215 g/mol. The van der Waals surface area contributed by atoms with Gasteiger partial charge in [0.2, 0.25) is 0 Å². The Bertz CT molecular complexity index is 310. The molecular weight excluding hydrogens is 202 g/mol. The Morgan fingerprint density at radius 3 is 2.92 bits per heavy atom. The second-order valence-electron chi connectivity index (χ2n) is 4.11. The summed E-state index contributed by atoms with van der Waals surface area (Å²) < 4.78 is 0.872. The average Bonchev–Trinajstić information content (AvgIpc) is 2.59. The van der Waals surface area contributed by atoms with Crippen molar-refractivity contribution in [3.05, 3.63) is 21.3 Å². The Morgan fingerprint density at radius 2 is 2.46 bits per heavy atom. The molecule has 0 spiro atoms. The van der Waals surface area contributed by atoms with Gasteiger partial charge in [-0.15, -0.1) is 11.3 Å². The van der Waals surface area contributed by atoms with Gasteiger partial charge < -0.3 is 5.73 Å². The maximum atomic E-state index is 6.34. The lowest BCUT2D eigenvalue weighted by Gasteiger charge is -2.23. The maximum absolute atomic E-state index is 6.34. The van der Waals surface area contributed by atoms with Gasteiger partial charge >= 0.3 is 0 Å². The third kappa shape index (κ3) is 1.63. The van der Waals surface area contributed by atoms with E-state index in [9.17, 15) is 0 Å². The second-order valence-corrected chi connectivity index (χ2v) is 5.63. The van der Waals surface area contributed by atoms with Crippen LogP contribution in [0.25, 0.3) is 0 Å². The van der Waals surface area contributed by atoms with E-state index in [0.717, 1.165) is 28.7 Å². The van der Waals surface area contributed by atoms with Gasteiger partial charge in [0, 0.05) is 11.1 Å². The van der Waals surface area contributed by atoms with Crippen molar-refractivity contribution in [1.82, 2.24) is 0 Å². The summed E-state index contributed by atoms with van der Waals surface area (Å²) in [7, 11) is 0. The molecule has 1 saturated carbocycles. The van der Waals surface area contributed by atoms with Crippen LogP contribution in [-0.4, -0.2) is 0 Å². The molecule has 1 heterocycles. The molecule has 1 aliphatic rings. The minimum atomic E-state index is -0.142. The van der Waals surface area contributed by atoms with Crippen molar-refractivity contribution >= 4 is 22.9 Å². The Balaban J connectivity index is 2.30. The Morgan fingerprint density at radius 1 is 1.69 bits per heavy atom. The van der Waals surface area contributed by atoms with E-state index in [4.69, 9.17) is 17.3 Å². The van der Waals surface area contributed by atoms with E-state index in [0.29, 0.717) is 0 Å². The molecule has 0 amide bonds. The number of halogens is 1. The normalized spacial score (nSPS) is 33.9. The number of nitrogens with two attached hydrogens (primary N) is 1. The average molecular weight is 216 g/mol. The highest BCUT2D eigenvalue weighted by atomic mass is 35.5. The van der Waals surface area contributed by atoms with Gasteiger partial charge in [-0.25, -0.2) is 0 Å². The van der Waals surface area contributed by atoms with Crippen molar-refractivity contribution in [3.63, 3.8) is 0 Å². The summed E-state index contributed by atoms with van der Waals surface area (Å²) >= 11 is 7.67. The van der Waals surface area contributed by atoms with E-state index in [1.54, 1.807) is 11.3 Å². The predicted octanol–water partition coefficient (Wildman–Crippen LogP) is 3.38. The molecule has 0 radical (unpaired) electrons. The molecule has 3 heteroatoms. The van der Waals surface area contributed by atoms with Crippen LogP contribution < -0.4 is 5.73 Å². The summed E-state index contributed by atoms with van der Waals surface area (Å²) in [5.74, 6) is 0.737. The van der Waals surface area contributed by atoms with Crippen molar-refractivity contribution in [3.8, 4) is 0 Å². The highest BCUT2D eigenvalue weighted by molar-refractivity contribution is 7.14. The first-order valence-electron chi connectivity index (χ1n) is 4.64. The van der Waals surface area contributed by atoms with Crippen LogP contribution in [0.5, 0.6) is 0 Å². The molecule has 0 saturated heterocycles. The van der Waals surface area contributed by atoms with Gasteiger partial charge in [-0.05, 0) is 36.6 Å². The fourth-order valence-electron chi connectivity index (χ4n) is 2.23. The predicted molar refractivity (Wildman–Crippen MR) is 58.2 cm³/mol. The van der Waals surface area contributed by atoms with Gasteiger partial charge in [-0.1, -0.05) is 18.5 Å². The molecule has 0 aromatic carbocycles. The third-order valence-electron chi connectivity index (χ3n) is 2.95. The molecule has 72 valence electrons. The van der Waals surface area contributed by atoms with Crippen molar-refractivity contribution in [1.29, 1.82) is 0 Å². The minimum Gasteiger partial charge on any atom is -0.321 e. The van der Waals surface area contributed by atoms with E-state index in [-0.39, 0.29) is 5.54 Å². The van der Waals surface area contributed by atoms with Crippen LogP contribution in [0.3, 0.4) is 0 Å². The molecule has 1 aromatic rings. The van der Waals surface area contributed by atoms with Crippen LogP contribution in [-0.2, 0) is 5.54 Å². The smallest absolute Gasteiger partial charge is 0.0978 e. The topological polar surface area (TPSA) is 26.0 Å². The SMILES string of the molecule is CC1CCC(N)(c2ccsc2Cl)C1. The lowest BCUT2D eigenvalue weighted by atomic mass is 9.91. The molecule has 1 fully saturated rings. The fraction of sp³-hybridized carbons (Fsp3) is 0.600. The van der Waals surface area contributed by atoms with Crippen molar-refractivity contribution in [2.75, 3.05) is 0 Å². The molecule has 2 rings (SSSR count). The van der Waals surface area contributed by atoms with Crippen molar-refractivity contribution in [2.24, 2.45) is 11.7 Å². The van der Waals surface area contributed by atoms with Gasteiger partial charge in [0.1, 0.15) is 0 Å². The van der Waals surface area contributed by atoms with Crippen LogP contribution in [0.2, 0.25) is 4.34 Å². The number of thiophene rings is 1. The summed E-state index contributed by atoms with van der Waals surface area (Å²) in [5.41, 5.74) is 7.35. The highest BCUT2D eigenvalue weighted by Gasteiger charge is 2.36. The van der Waals surface area contributed by atoms with Gasteiger partial charge in [0.05, 0.1) is 4.34 Å². The molecule has 2 unspecified atom stereocenters. The molecule has 13 heavy (non-hydrogen) atoms. The molecule has 0 aliphatic heterocycles. The fourth-order valence-corrected chi connectivity index (χ4v) is 3.35. The third-order valence-corrected chi connectivity index (χ3v) is 4.12. The van der Waals surface area contributed by atoms with Crippen molar-refractivity contribution in [2.45, 2.75) is 31.7 Å². The molecule has 2 atom stereocenters. The molecular formula is C10H14ClNS. The minimum absolute atomic E-state index is 0.142. The zero-order chi connectivity index (χ0) is 9.47. The standard InChI is InChI=1S/C10H14ClNS/c1-7-2-4-10(12,6-7)8-3-5-13-9(8)11/h3,5,7H,2,4,6,12H2,1H3. The second kappa shape index (κ2) is 3.26. The zero-order valence-corrected chi connectivity index (χ0v) is 9.29. The molecule has 1 nitrogen and oxygen atoms in total. The molecule has 1 aliphatic carbocycles. The van der Waals surface area contributed by atoms with Crippen LogP contribution in [0.1, 0.15) is 31.7 Å². The summed E-state index contributed by atoms with van der Waals surface area (Å²) in [6.45, 7) is 2.26. The van der Waals surface area contributed by atoms with Crippen LogP contribution in [0.15, 0.2) is 11.4 Å². The summed E-state index contributed by atoms with van der Waals surface area (Å²) in [4.78, 5) is 0. The van der Waals surface area contributed by atoms with Gasteiger partial charge in [0.15, 0.2) is 0 Å². The lowest BCUT2D eigenvalue weighted by molar-refractivity contribution is 0.442. The molecule has 0 bridgehead atoms. The largest absolute Gasteiger partial charge is 0.321 e. The zero-order valence-electron chi connectivity index (χ0n) is 7.72. The highest BCUT2D eigenvalue weighted by Crippen LogP contribution is 2.43. The Kier molecular flexibility index (Phi) is 2.39. The van der Waals surface area contributed by atoms with E-state index >= 15 is 0 Å². The van der Waals surface area contributed by atoms with E-state index in [1.807, 2.05) is 5.38 Å². The first-order valence-corrected chi connectivity index (χ1v) is 5.90. The van der Waals surface area contributed by atoms with Gasteiger partial charge in [-0.3, -0.25) is 0 Å². The number of hydrogen-bond donors (Lipinski definition) is 1. The Labute approximate surface area is 87.9 Å². The quantitative estimate of drug-likeness (QED) is 0.764. The van der Waals surface area contributed by atoms with E-state index in [2.05, 4.69) is 13.0 Å². The first-order chi connectivity index (χ1) is 6.12. The van der Waals surface area contributed by atoms with Crippen LogP contribution in [0.4, 0.5) is 0 Å². The number of rotatable bonds is 1. The summed E-state index contributed by atoms with van der Waals surface area (Å²) in [5, 5.41) is 2.02. The molecule has 2 N–H and O–H groups in total. The van der Waals surface area contributed by atoms with Crippen molar-refractivity contribution < 1.29 is 0 Å². The lowest BCUT2D eigenvalue weighted by Crippen LogP contribution is -2.33. The summed E-state index contributed by atoms with van der Waals surface area (Å²) in [6, 6.07) is 2.07. The van der Waals surface area contributed by atoms with Crippen LogP contribution in [0, 0.1) is 5.92 Å². The van der Waals surface area contributed by atoms with E-state index < -0.39 is 0 Å². The Hall–Kier alpha value is -0.0500. The molecule has 1 aromatic heterocycles. The van der Waals surface area contributed by atoms with E-state index in [1.165, 1.54) is 6.42 Å². The first kappa shape index (κ1) is 9.50. The van der Waals surface area contributed by atoms with Crippen LogP contribution >= 0.6 is 22.9 Å². The number of hydrogen-bond acceptors (Lipinski definition) is 2. The maximum Gasteiger partial charge on any atom is 0.0978 e. The van der Waals surface area contributed by atoms with Gasteiger partial charge in [0.25, 0.3) is 0 Å².